The molecule has 348 valence electrons. The van der Waals surface area contributed by atoms with Crippen molar-refractivity contribution in [2.75, 3.05) is 40.5 Å². The quantitative estimate of drug-likeness (QED) is 0.0362. The minimum Gasteiger partial charge on any atom is -0.493 e. The summed E-state index contributed by atoms with van der Waals surface area (Å²) in [6.07, 6.45) is 3.53. The van der Waals surface area contributed by atoms with Gasteiger partial charge in [0.25, 0.3) is 0 Å². The summed E-state index contributed by atoms with van der Waals surface area (Å²) in [7, 11) is 2.77. The van der Waals surface area contributed by atoms with Crippen LogP contribution < -0.4 is 29.6 Å². The number of carbonyl (C=O) groups excluding carboxylic acids is 6. The van der Waals surface area contributed by atoms with Gasteiger partial charge in [-0.05, 0) is 92.1 Å². The molecule has 2 amide bonds. The third-order valence-electron chi connectivity index (χ3n) is 11.5. The summed E-state index contributed by atoms with van der Waals surface area (Å²) in [6, 6.07) is 41.1. The molecule has 0 bridgehead atoms. The first-order valence-corrected chi connectivity index (χ1v) is 22.0. The number of rotatable bonds is 18. The molecule has 0 aliphatic heterocycles. The summed E-state index contributed by atoms with van der Waals surface area (Å²) in [4.78, 5) is 75.8. The molecule has 69 heavy (non-hydrogen) atoms. The minimum absolute atomic E-state index is 0.0894. The van der Waals surface area contributed by atoms with Crippen LogP contribution in [0.2, 0.25) is 0 Å². The van der Waals surface area contributed by atoms with E-state index in [1.165, 1.54) is 50.7 Å². The van der Waals surface area contributed by atoms with Gasteiger partial charge in [0, 0.05) is 11.8 Å². The van der Waals surface area contributed by atoms with Crippen molar-refractivity contribution >= 4 is 47.8 Å². The second kappa shape index (κ2) is 21.7. The van der Waals surface area contributed by atoms with Gasteiger partial charge in [0.15, 0.2) is 34.6 Å². The fourth-order valence-electron chi connectivity index (χ4n) is 8.32. The maximum Gasteiger partial charge on any atom is 0.407 e. The SMILES string of the molecule is COc1cc(/C=C/C(=O)CC(=O)/C=C/c2ccc(OC(=O)CNC(=O)OCC3c4ccccc4-c4ccccc43)c(OC)c2)ccc1OC(=O)CNC(=O)OCC1c2ccccc2-c2ccccc21. The monoisotopic (exact) mass is 926 g/mol. The first-order valence-electron chi connectivity index (χ1n) is 22.0. The van der Waals surface area contributed by atoms with Gasteiger partial charge in [0.2, 0.25) is 0 Å². The van der Waals surface area contributed by atoms with Crippen molar-refractivity contribution in [3.63, 3.8) is 0 Å². The van der Waals surface area contributed by atoms with Gasteiger partial charge < -0.3 is 39.1 Å². The highest BCUT2D eigenvalue weighted by atomic mass is 16.6. The highest BCUT2D eigenvalue weighted by molar-refractivity contribution is 6.11. The van der Waals surface area contributed by atoms with Gasteiger partial charge in [0.1, 0.15) is 26.3 Å². The van der Waals surface area contributed by atoms with Crippen LogP contribution in [0.25, 0.3) is 34.4 Å². The van der Waals surface area contributed by atoms with Crippen LogP contribution in [0.3, 0.4) is 0 Å². The Morgan fingerprint density at radius 3 is 1.16 bits per heavy atom. The summed E-state index contributed by atoms with van der Waals surface area (Å²) in [5.41, 5.74) is 9.71. The first-order chi connectivity index (χ1) is 33.6. The number of esters is 2. The molecule has 6 aromatic rings. The van der Waals surface area contributed by atoms with Crippen LogP contribution in [0, 0.1) is 0 Å². The van der Waals surface area contributed by atoms with E-state index in [4.69, 9.17) is 28.4 Å². The van der Waals surface area contributed by atoms with Crippen molar-refractivity contribution in [1.82, 2.24) is 10.6 Å². The Labute approximate surface area is 397 Å². The number of ether oxygens (including phenoxy) is 6. The molecular weight excluding hydrogens is 881 g/mol. The third kappa shape index (κ3) is 11.3. The van der Waals surface area contributed by atoms with Crippen molar-refractivity contribution in [3.8, 4) is 45.3 Å². The molecule has 0 unspecified atom stereocenters. The second-order valence-electron chi connectivity index (χ2n) is 15.9. The Bertz CT molecular complexity index is 2720. The highest BCUT2D eigenvalue weighted by Gasteiger charge is 2.30. The number of ketones is 2. The third-order valence-corrected chi connectivity index (χ3v) is 11.5. The van der Waals surface area contributed by atoms with E-state index < -0.39 is 55.2 Å². The number of fused-ring (bicyclic) bond motifs is 6. The Balaban J connectivity index is 0.752. The number of hydrogen-bond donors (Lipinski definition) is 2. The highest BCUT2D eigenvalue weighted by Crippen LogP contribution is 2.46. The number of carbonyl (C=O) groups is 6. The molecule has 0 saturated heterocycles. The van der Waals surface area contributed by atoms with Gasteiger partial charge in [-0.2, -0.15) is 0 Å². The van der Waals surface area contributed by atoms with Crippen LogP contribution in [0.4, 0.5) is 9.59 Å². The Morgan fingerprint density at radius 1 is 0.464 bits per heavy atom. The van der Waals surface area contributed by atoms with Gasteiger partial charge in [-0.1, -0.05) is 121 Å². The van der Waals surface area contributed by atoms with Gasteiger partial charge >= 0.3 is 24.1 Å². The number of alkyl carbamates (subject to hydrolysis) is 2. The van der Waals surface area contributed by atoms with Gasteiger partial charge in [-0.15, -0.1) is 0 Å². The number of hydrogen-bond acceptors (Lipinski definition) is 12. The topological polar surface area (TPSA) is 182 Å². The van der Waals surface area contributed by atoms with Crippen molar-refractivity contribution < 1.29 is 57.2 Å². The van der Waals surface area contributed by atoms with Gasteiger partial charge in [0.05, 0.1) is 20.6 Å². The fraction of sp³-hybridized carbons (Fsp3) is 0.164. The van der Waals surface area contributed by atoms with Crippen molar-refractivity contribution in [2.24, 2.45) is 0 Å². The van der Waals surface area contributed by atoms with Crippen molar-refractivity contribution in [3.05, 3.63) is 179 Å². The number of nitrogens with one attached hydrogen (secondary N) is 2. The fourth-order valence-corrected chi connectivity index (χ4v) is 8.32. The summed E-state index contributed by atoms with van der Waals surface area (Å²) < 4.78 is 32.6. The number of benzene rings is 6. The molecule has 8 rings (SSSR count). The van der Waals surface area contributed by atoms with Gasteiger partial charge in [-0.25, -0.2) is 19.2 Å². The zero-order valence-electron chi connectivity index (χ0n) is 37.6. The number of allylic oxidation sites excluding steroid dienone is 2. The van der Waals surface area contributed by atoms with E-state index in [9.17, 15) is 28.8 Å². The lowest BCUT2D eigenvalue weighted by Crippen LogP contribution is -2.33. The average Bonchev–Trinajstić information content (AvgIpc) is 3.87. The molecule has 0 atom stereocenters. The molecule has 2 aliphatic carbocycles. The molecule has 0 radical (unpaired) electrons. The molecule has 0 spiro atoms. The second-order valence-corrected chi connectivity index (χ2v) is 15.9. The van der Waals surface area contributed by atoms with Crippen LogP contribution >= 0.6 is 0 Å². The van der Waals surface area contributed by atoms with Crippen LogP contribution in [0.1, 0.15) is 51.6 Å². The average molecular weight is 927 g/mol. The van der Waals surface area contributed by atoms with E-state index in [2.05, 4.69) is 10.6 Å². The standard InChI is InChI=1S/C55H46N2O12/c1-64-50-27-34(21-25-48(50)68-52(60)30-56-54(62)66-32-46-42-15-7-3-11-38(42)39-12-4-8-16-43(39)46)19-23-36(58)29-37(59)24-20-35-22-26-49(51(28-35)65-2)69-53(61)31-57-55(63)67-33-47-44-17-9-5-13-40(44)41-14-6-10-18-45(41)47/h3-28,46-47H,29-33H2,1-2H3,(H,56,62)(H,57,63)/b23-19+,24-20+. The van der Waals surface area contributed by atoms with Crippen molar-refractivity contribution in [1.29, 1.82) is 0 Å². The predicted octanol–water partition coefficient (Wildman–Crippen LogP) is 8.85. The summed E-state index contributed by atoms with van der Waals surface area (Å²) >= 11 is 0. The van der Waals surface area contributed by atoms with E-state index in [0.717, 1.165) is 44.5 Å². The first kappa shape index (κ1) is 46.7. The van der Waals surface area contributed by atoms with Crippen LogP contribution in [0.15, 0.2) is 146 Å². The van der Waals surface area contributed by atoms with E-state index in [1.807, 2.05) is 97.1 Å². The van der Waals surface area contributed by atoms with Gasteiger partial charge in [-0.3, -0.25) is 9.59 Å². The lowest BCUT2D eigenvalue weighted by molar-refractivity contribution is -0.134. The van der Waals surface area contributed by atoms with E-state index >= 15 is 0 Å². The molecule has 0 saturated carbocycles. The molecule has 2 aliphatic rings. The molecule has 6 aromatic carbocycles. The summed E-state index contributed by atoms with van der Waals surface area (Å²) in [5, 5.41) is 4.86. The smallest absolute Gasteiger partial charge is 0.407 e. The van der Waals surface area contributed by atoms with E-state index in [0.29, 0.717) is 11.1 Å². The summed E-state index contributed by atoms with van der Waals surface area (Å²) in [6.45, 7) is -0.733. The molecule has 14 heteroatoms. The van der Waals surface area contributed by atoms with Crippen LogP contribution in [-0.2, 0) is 28.7 Å². The zero-order valence-corrected chi connectivity index (χ0v) is 37.6. The Kier molecular flexibility index (Phi) is 14.7. The van der Waals surface area contributed by atoms with Crippen LogP contribution in [-0.4, -0.2) is 76.2 Å². The lowest BCUT2D eigenvalue weighted by Gasteiger charge is -2.14. The molecule has 0 heterocycles. The lowest BCUT2D eigenvalue weighted by atomic mass is 9.98. The maximum absolute atomic E-state index is 12.7. The summed E-state index contributed by atoms with van der Waals surface area (Å²) in [5.74, 6) is -2.16. The predicted molar refractivity (Wildman–Crippen MR) is 256 cm³/mol. The minimum atomic E-state index is -0.768. The maximum atomic E-state index is 12.7. The van der Waals surface area contributed by atoms with E-state index in [-0.39, 0.29) is 48.0 Å². The molecule has 0 aromatic heterocycles. The Hall–Kier alpha value is -8.78. The molecular formula is C55H46N2O12. The molecule has 0 fully saturated rings. The Morgan fingerprint density at radius 2 is 0.812 bits per heavy atom. The zero-order chi connectivity index (χ0) is 48.3. The molecule has 14 nitrogen and oxygen atoms in total. The normalized spacial score (nSPS) is 12.3. The van der Waals surface area contributed by atoms with Crippen LogP contribution in [0.5, 0.6) is 23.0 Å². The number of amides is 2. The van der Waals surface area contributed by atoms with E-state index in [1.54, 1.807) is 24.3 Å². The molecule has 2 N–H and O–H groups in total. The number of methoxy groups -OCH3 is 2. The van der Waals surface area contributed by atoms with Crippen molar-refractivity contribution in [2.45, 2.75) is 18.3 Å². The largest absolute Gasteiger partial charge is 0.493 e.